The first kappa shape index (κ1) is 11.7. The van der Waals surface area contributed by atoms with Gasteiger partial charge >= 0.3 is 0 Å². The second kappa shape index (κ2) is 4.50. The van der Waals surface area contributed by atoms with E-state index in [9.17, 15) is 0 Å². The van der Waals surface area contributed by atoms with Crippen LogP contribution in [0.25, 0.3) is 0 Å². The Morgan fingerprint density at radius 3 is 2.95 bits per heavy atom. The Bertz CT molecular complexity index is 495. The maximum absolute atomic E-state index is 8.10. The van der Waals surface area contributed by atoms with Gasteiger partial charge in [0.25, 0.3) is 0 Å². The lowest BCUT2D eigenvalue weighted by atomic mass is 9.98. The van der Waals surface area contributed by atoms with Crippen molar-refractivity contribution in [3.8, 4) is 0 Å². The van der Waals surface area contributed by atoms with E-state index in [1.54, 1.807) is 4.68 Å². The van der Waals surface area contributed by atoms with Crippen molar-refractivity contribution in [1.29, 1.82) is 0 Å². The highest BCUT2D eigenvalue weighted by molar-refractivity contribution is 5.19. The van der Waals surface area contributed by atoms with Crippen LogP contribution in [0.15, 0.2) is 0 Å². The van der Waals surface area contributed by atoms with Gasteiger partial charge in [-0.1, -0.05) is 0 Å². The summed E-state index contributed by atoms with van der Waals surface area (Å²) < 4.78 is 27.3. The third kappa shape index (κ3) is 1.87. The molecule has 106 valence electrons. The number of aromatic nitrogens is 4. The quantitative estimate of drug-likeness (QED) is 0.783. The molecular weight excluding hydrogens is 248 g/mol. The lowest BCUT2D eigenvalue weighted by molar-refractivity contribution is -0.149. The van der Waals surface area contributed by atoms with E-state index in [0.29, 0.717) is 5.82 Å². The number of tetrazole rings is 1. The Morgan fingerprint density at radius 2 is 2.26 bits per heavy atom. The third-order valence-electron chi connectivity index (χ3n) is 3.39. The maximum atomic E-state index is 8.10. The number of rotatable bonds is 5. The van der Waals surface area contributed by atoms with Gasteiger partial charge in [0.05, 0.1) is 26.8 Å². The Balaban J connectivity index is 1.97. The SMILES string of the molecule is [3H][C@@H]1O[C@]2(COC(C)C)c3nnnn3[C@H]1C2OC(C)C. The Hall–Kier alpha value is -1.05. The van der Waals surface area contributed by atoms with Crippen molar-refractivity contribution in [2.75, 3.05) is 13.2 Å². The van der Waals surface area contributed by atoms with E-state index in [0.717, 1.165) is 0 Å². The van der Waals surface area contributed by atoms with Gasteiger partial charge in [0.15, 0.2) is 11.4 Å². The Labute approximate surface area is 113 Å². The van der Waals surface area contributed by atoms with Gasteiger partial charge in [-0.2, -0.15) is 0 Å². The van der Waals surface area contributed by atoms with Crippen LogP contribution in [0.1, 0.15) is 40.9 Å². The van der Waals surface area contributed by atoms with Crippen LogP contribution >= 0.6 is 0 Å². The predicted molar refractivity (Wildman–Crippen MR) is 65.6 cm³/mol. The molecule has 0 aliphatic carbocycles. The molecular formula is C12H20N4O3. The Kier molecular flexibility index (Phi) is 2.78. The fraction of sp³-hybridized carbons (Fsp3) is 0.917. The van der Waals surface area contributed by atoms with Gasteiger partial charge in [-0.15, -0.1) is 5.10 Å². The molecule has 1 unspecified atom stereocenters. The average molecular weight is 270 g/mol. The van der Waals surface area contributed by atoms with Crippen LogP contribution in [0.4, 0.5) is 0 Å². The molecule has 1 saturated heterocycles. The van der Waals surface area contributed by atoms with Gasteiger partial charge in [0.2, 0.25) is 0 Å². The van der Waals surface area contributed by atoms with Crippen molar-refractivity contribution < 1.29 is 15.6 Å². The highest BCUT2D eigenvalue weighted by atomic mass is 16.6. The van der Waals surface area contributed by atoms with Gasteiger partial charge in [0, 0.05) is 0 Å². The third-order valence-corrected chi connectivity index (χ3v) is 3.39. The number of ether oxygens (including phenoxy) is 3. The van der Waals surface area contributed by atoms with Crippen molar-refractivity contribution >= 4 is 0 Å². The van der Waals surface area contributed by atoms with Crippen LogP contribution in [-0.4, -0.2) is 51.7 Å². The summed E-state index contributed by atoms with van der Waals surface area (Å²) in [5.41, 5.74) is -0.880. The van der Waals surface area contributed by atoms with Gasteiger partial charge in [-0.05, 0) is 38.1 Å². The molecule has 3 heterocycles. The van der Waals surface area contributed by atoms with Crippen LogP contribution in [0, 0.1) is 0 Å². The highest BCUT2D eigenvalue weighted by Crippen LogP contribution is 2.49. The van der Waals surface area contributed by atoms with E-state index in [4.69, 9.17) is 15.6 Å². The molecule has 0 saturated carbocycles. The fourth-order valence-electron chi connectivity index (χ4n) is 2.60. The van der Waals surface area contributed by atoms with Crippen molar-refractivity contribution in [3.63, 3.8) is 0 Å². The van der Waals surface area contributed by atoms with E-state index in [1.807, 2.05) is 27.7 Å². The van der Waals surface area contributed by atoms with E-state index in [-0.39, 0.29) is 31.0 Å². The standard InChI is InChI=1S/C12H20N4O3/c1-7(2)17-6-12-10(19-8(3)4)9(5-18-12)16-11(12)13-14-15-16/h7-10H,5-6H2,1-4H3/t9-,10?,12+/m1/s1/i5T/t5-,9+,10?,12-/m0. The summed E-state index contributed by atoms with van der Waals surface area (Å²) in [7, 11) is 0. The van der Waals surface area contributed by atoms with Crippen molar-refractivity contribution in [1.82, 2.24) is 20.2 Å². The molecule has 7 nitrogen and oxygen atoms in total. The second-order valence-electron chi connectivity index (χ2n) is 5.55. The van der Waals surface area contributed by atoms with E-state index >= 15 is 0 Å². The fourth-order valence-corrected chi connectivity index (χ4v) is 2.60. The molecule has 2 aliphatic rings. The molecule has 0 spiro atoms. The van der Waals surface area contributed by atoms with E-state index in [2.05, 4.69) is 15.5 Å². The van der Waals surface area contributed by atoms with Crippen molar-refractivity contribution in [2.24, 2.45) is 0 Å². The zero-order valence-electron chi connectivity index (χ0n) is 12.6. The van der Waals surface area contributed by atoms with Crippen LogP contribution in [-0.2, 0) is 19.8 Å². The molecule has 0 amide bonds. The predicted octanol–water partition coefficient (Wildman–Crippen LogP) is 0.672. The molecule has 1 fully saturated rings. The molecule has 0 N–H and O–H groups in total. The number of hydrogen-bond donors (Lipinski definition) is 0. The van der Waals surface area contributed by atoms with Crippen LogP contribution in [0.5, 0.6) is 0 Å². The molecule has 2 bridgehead atoms. The summed E-state index contributed by atoms with van der Waals surface area (Å²) in [6.45, 7) is 7.37. The number of fused-ring (bicyclic) bond motifs is 5. The zero-order chi connectivity index (χ0) is 14.5. The van der Waals surface area contributed by atoms with Gasteiger partial charge in [-0.3, -0.25) is 0 Å². The molecule has 0 aromatic carbocycles. The molecule has 2 aliphatic heterocycles. The minimum Gasteiger partial charge on any atom is -0.375 e. The topological polar surface area (TPSA) is 71.3 Å². The van der Waals surface area contributed by atoms with Gasteiger partial charge < -0.3 is 14.2 Å². The molecule has 19 heavy (non-hydrogen) atoms. The van der Waals surface area contributed by atoms with Gasteiger partial charge in [0.1, 0.15) is 12.1 Å². The summed E-state index contributed by atoms with van der Waals surface area (Å²) in [6.07, 6.45) is -0.241. The molecule has 1 aromatic heterocycles. The van der Waals surface area contributed by atoms with Crippen molar-refractivity contribution in [2.45, 2.75) is 57.6 Å². The summed E-state index contributed by atoms with van der Waals surface area (Å²) in [5, 5.41) is 11.7. The van der Waals surface area contributed by atoms with Crippen LogP contribution in [0.2, 0.25) is 0 Å². The summed E-state index contributed by atoms with van der Waals surface area (Å²) in [4.78, 5) is 0. The first-order chi connectivity index (χ1) is 9.45. The Morgan fingerprint density at radius 1 is 1.47 bits per heavy atom. The monoisotopic (exact) mass is 270 g/mol. The highest BCUT2D eigenvalue weighted by Gasteiger charge is 2.63. The minimum atomic E-state index is -0.880. The maximum Gasteiger partial charge on any atom is 0.189 e. The summed E-state index contributed by atoms with van der Waals surface area (Å²) in [6, 6.07) is -0.321. The smallest absolute Gasteiger partial charge is 0.189 e. The molecule has 4 atom stereocenters. The van der Waals surface area contributed by atoms with E-state index in [1.165, 1.54) is 0 Å². The number of nitrogens with zero attached hydrogens (tertiary/aromatic N) is 4. The molecule has 3 rings (SSSR count). The molecule has 1 aromatic rings. The second-order valence-corrected chi connectivity index (χ2v) is 5.55. The largest absolute Gasteiger partial charge is 0.375 e. The zero-order valence-corrected chi connectivity index (χ0v) is 11.6. The van der Waals surface area contributed by atoms with Gasteiger partial charge in [-0.25, -0.2) is 4.68 Å². The van der Waals surface area contributed by atoms with Crippen molar-refractivity contribution in [3.05, 3.63) is 5.82 Å². The van der Waals surface area contributed by atoms with E-state index < -0.39 is 12.2 Å². The van der Waals surface area contributed by atoms with Crippen LogP contribution in [0.3, 0.4) is 0 Å². The first-order valence-corrected chi connectivity index (χ1v) is 6.61. The minimum absolute atomic E-state index is 0.0207. The average Bonchev–Trinajstić information content (AvgIpc) is 2.96. The first-order valence-electron chi connectivity index (χ1n) is 7.19. The summed E-state index contributed by atoms with van der Waals surface area (Å²) in [5.74, 6) is 0.595. The molecule has 7 heteroatoms. The number of hydrogen-bond acceptors (Lipinski definition) is 6. The molecule has 0 radical (unpaired) electrons. The normalized spacial score (nSPS) is 37.2. The summed E-state index contributed by atoms with van der Waals surface area (Å²) >= 11 is 0. The lowest BCUT2D eigenvalue weighted by Crippen LogP contribution is -2.42. The van der Waals surface area contributed by atoms with Crippen LogP contribution < -0.4 is 0 Å². The lowest BCUT2D eigenvalue weighted by Gasteiger charge is -2.30.